The number of aromatic nitrogens is 3. The number of carboxylic acid groups (broad SMARTS) is 1. The Kier molecular flexibility index (Phi) is 7.40. The molecule has 26 heavy (non-hydrogen) atoms. The molecule has 0 radical (unpaired) electrons. The van der Waals surface area contributed by atoms with Crippen LogP contribution in [0.25, 0.3) is 11.4 Å². The van der Waals surface area contributed by atoms with Crippen LogP contribution in [0.4, 0.5) is 13.2 Å². The van der Waals surface area contributed by atoms with Crippen LogP contribution in [0, 0.1) is 0 Å². The van der Waals surface area contributed by atoms with E-state index in [0.717, 1.165) is 0 Å². The molecule has 7 nitrogen and oxygen atoms in total. The Morgan fingerprint density at radius 1 is 1.27 bits per heavy atom. The Morgan fingerprint density at radius 2 is 1.81 bits per heavy atom. The topological polar surface area (TPSA) is 97.3 Å². The van der Waals surface area contributed by atoms with E-state index >= 15 is 0 Å². The molecule has 11 heteroatoms. The number of hydrogen-bond acceptors (Lipinski definition) is 4. The predicted molar refractivity (Wildman–Crippen MR) is 88.0 cm³/mol. The Balaban J connectivity index is 0.00000163. The van der Waals surface area contributed by atoms with Crippen LogP contribution in [-0.4, -0.2) is 42.8 Å². The summed E-state index contributed by atoms with van der Waals surface area (Å²) in [4.78, 5) is 22.9. The number of carboxylic acids is 1. The number of rotatable bonds is 5. The fourth-order valence-corrected chi connectivity index (χ4v) is 2.05. The molecule has 1 aromatic carbocycles. The van der Waals surface area contributed by atoms with E-state index < -0.39 is 37.0 Å². The van der Waals surface area contributed by atoms with Gasteiger partial charge in [-0.05, 0) is 24.3 Å². The van der Waals surface area contributed by atoms with Gasteiger partial charge in [0.15, 0.2) is 11.9 Å². The van der Waals surface area contributed by atoms with Crippen molar-refractivity contribution < 1.29 is 28.2 Å². The molecule has 144 valence electrons. The predicted octanol–water partition coefficient (Wildman–Crippen LogP) is 2.40. The molecule has 0 saturated heterocycles. The fourth-order valence-electron chi connectivity index (χ4n) is 1.93. The second-order valence-corrected chi connectivity index (χ2v) is 5.27. The summed E-state index contributed by atoms with van der Waals surface area (Å²) in [6, 6.07) is 5.68. The van der Waals surface area contributed by atoms with Gasteiger partial charge in [-0.2, -0.15) is 13.2 Å². The van der Waals surface area contributed by atoms with Crippen molar-refractivity contribution in [2.24, 2.45) is 0 Å². The Morgan fingerprint density at radius 3 is 2.27 bits per heavy atom. The number of nitrogens with zero attached hydrogens (tertiary/aromatic N) is 3. The maximum Gasteiger partial charge on any atom is 0.416 e. The van der Waals surface area contributed by atoms with E-state index in [4.69, 9.17) is 16.7 Å². The molecule has 1 atom stereocenters. The number of carbonyl (C=O) groups is 1. The van der Waals surface area contributed by atoms with Gasteiger partial charge in [-0.25, -0.2) is 9.48 Å². The van der Waals surface area contributed by atoms with Crippen LogP contribution in [0.5, 0.6) is 0 Å². The number of benzene rings is 1. The van der Waals surface area contributed by atoms with Gasteiger partial charge < -0.3 is 10.2 Å². The summed E-state index contributed by atoms with van der Waals surface area (Å²) in [6.45, 7) is 2.06. The lowest BCUT2D eigenvalue weighted by molar-refractivity contribution is -0.207. The van der Waals surface area contributed by atoms with Gasteiger partial charge in [0, 0.05) is 10.6 Å². The molecule has 0 bridgehead atoms. The van der Waals surface area contributed by atoms with Gasteiger partial charge in [0.25, 0.3) is 0 Å². The fraction of sp³-hybridized carbons (Fsp3) is 0.400. The van der Waals surface area contributed by atoms with Gasteiger partial charge in [-0.1, -0.05) is 25.4 Å². The van der Waals surface area contributed by atoms with Gasteiger partial charge >= 0.3 is 17.8 Å². The Hall–Kier alpha value is -2.33. The second kappa shape index (κ2) is 8.86. The molecular formula is C15H17ClF3N3O4. The monoisotopic (exact) mass is 395 g/mol. The molecule has 1 heterocycles. The lowest BCUT2D eigenvalue weighted by Gasteiger charge is -2.15. The quantitative estimate of drug-likeness (QED) is 0.810. The summed E-state index contributed by atoms with van der Waals surface area (Å²) in [6.07, 6.45) is -7.74. The second-order valence-electron chi connectivity index (χ2n) is 4.83. The summed E-state index contributed by atoms with van der Waals surface area (Å²) in [5.41, 5.74) is -0.833. The molecule has 0 aliphatic carbocycles. The third-order valence-corrected chi connectivity index (χ3v) is 3.30. The Labute approximate surface area is 151 Å². The van der Waals surface area contributed by atoms with Crippen LogP contribution in [0.15, 0.2) is 29.1 Å². The van der Waals surface area contributed by atoms with E-state index in [9.17, 15) is 27.9 Å². The van der Waals surface area contributed by atoms with Crippen LogP contribution in [0.1, 0.15) is 13.8 Å². The van der Waals surface area contributed by atoms with E-state index in [2.05, 4.69) is 5.10 Å². The molecule has 0 aliphatic heterocycles. The van der Waals surface area contributed by atoms with Crippen molar-refractivity contribution >= 4 is 17.6 Å². The maximum absolute atomic E-state index is 12.6. The highest BCUT2D eigenvalue weighted by molar-refractivity contribution is 6.30. The average Bonchev–Trinajstić information content (AvgIpc) is 2.85. The molecule has 0 saturated carbocycles. The van der Waals surface area contributed by atoms with Crippen LogP contribution in [-0.2, 0) is 17.9 Å². The molecule has 2 aromatic rings. The average molecular weight is 396 g/mol. The highest BCUT2D eigenvalue weighted by atomic mass is 35.5. The molecule has 0 spiro atoms. The summed E-state index contributed by atoms with van der Waals surface area (Å²) in [5, 5.41) is 22.1. The van der Waals surface area contributed by atoms with E-state index in [1.165, 1.54) is 24.3 Å². The van der Waals surface area contributed by atoms with Crippen molar-refractivity contribution in [3.8, 4) is 11.4 Å². The van der Waals surface area contributed by atoms with Crippen LogP contribution >= 0.6 is 11.6 Å². The van der Waals surface area contributed by atoms with Gasteiger partial charge in [0.05, 0.1) is 6.54 Å². The van der Waals surface area contributed by atoms with Crippen LogP contribution < -0.4 is 5.69 Å². The molecule has 0 fully saturated rings. The summed E-state index contributed by atoms with van der Waals surface area (Å²) in [7, 11) is 0. The van der Waals surface area contributed by atoms with E-state index in [1.54, 1.807) is 0 Å². The highest BCUT2D eigenvalue weighted by Crippen LogP contribution is 2.23. The van der Waals surface area contributed by atoms with E-state index in [-0.39, 0.29) is 11.4 Å². The maximum atomic E-state index is 12.6. The number of hydrogen-bond donors (Lipinski definition) is 2. The molecule has 2 N–H and O–H groups in total. The standard InChI is InChI=1S/C13H11ClF3N3O4.C2H6/c14-8-3-1-7(2-4-8)11-18-20(6-10(22)23)12(24)19(11)5-9(21)13(15,16)17;1-2/h1-4,9,21H,5-6H2,(H,22,23);1-2H3. The normalized spacial score (nSPS) is 12.3. The first-order valence-corrected chi connectivity index (χ1v) is 7.87. The van der Waals surface area contributed by atoms with Crippen molar-refractivity contribution in [2.45, 2.75) is 39.2 Å². The lowest BCUT2D eigenvalue weighted by atomic mass is 10.2. The van der Waals surface area contributed by atoms with E-state index in [0.29, 0.717) is 14.3 Å². The first-order chi connectivity index (χ1) is 12.1. The van der Waals surface area contributed by atoms with Crippen molar-refractivity contribution in [2.75, 3.05) is 0 Å². The zero-order valence-corrected chi connectivity index (χ0v) is 14.6. The van der Waals surface area contributed by atoms with Crippen molar-refractivity contribution in [3.63, 3.8) is 0 Å². The van der Waals surface area contributed by atoms with Gasteiger partial charge in [-0.3, -0.25) is 9.36 Å². The number of alkyl halides is 3. The highest BCUT2D eigenvalue weighted by Gasteiger charge is 2.39. The molecule has 1 unspecified atom stereocenters. The first kappa shape index (κ1) is 21.7. The minimum atomic E-state index is -4.94. The molecule has 0 amide bonds. The van der Waals surface area contributed by atoms with Gasteiger partial charge in [-0.15, -0.1) is 5.10 Å². The SMILES string of the molecule is CC.O=C(O)Cn1nc(-c2ccc(Cl)cc2)n(CC(O)C(F)(F)F)c1=O. The number of aliphatic hydroxyl groups is 1. The molecule has 2 rings (SSSR count). The smallest absolute Gasteiger partial charge is 0.416 e. The number of aliphatic carboxylic acids is 1. The van der Waals surface area contributed by atoms with Crippen LogP contribution in [0.3, 0.4) is 0 Å². The van der Waals surface area contributed by atoms with Crippen molar-refractivity contribution in [1.29, 1.82) is 0 Å². The van der Waals surface area contributed by atoms with Crippen molar-refractivity contribution in [1.82, 2.24) is 14.3 Å². The Bertz CT molecular complexity index is 800. The largest absolute Gasteiger partial charge is 0.480 e. The third-order valence-electron chi connectivity index (χ3n) is 3.04. The molecule has 1 aromatic heterocycles. The number of halogens is 4. The minimum Gasteiger partial charge on any atom is -0.480 e. The van der Waals surface area contributed by atoms with Crippen LogP contribution in [0.2, 0.25) is 5.02 Å². The van der Waals surface area contributed by atoms with E-state index in [1.807, 2.05) is 13.8 Å². The number of aliphatic hydroxyl groups excluding tert-OH is 1. The summed E-state index contributed by atoms with van der Waals surface area (Å²) < 4.78 is 38.8. The molecule has 0 aliphatic rings. The zero-order valence-electron chi connectivity index (χ0n) is 13.9. The zero-order chi connectivity index (χ0) is 20.1. The van der Waals surface area contributed by atoms with Gasteiger partial charge in [0.1, 0.15) is 6.54 Å². The lowest BCUT2D eigenvalue weighted by Crippen LogP contribution is -2.37. The summed E-state index contributed by atoms with van der Waals surface area (Å²) >= 11 is 5.73. The molecular weight excluding hydrogens is 379 g/mol. The van der Waals surface area contributed by atoms with Gasteiger partial charge in [0.2, 0.25) is 0 Å². The first-order valence-electron chi connectivity index (χ1n) is 7.49. The van der Waals surface area contributed by atoms with Crippen molar-refractivity contribution in [3.05, 3.63) is 39.8 Å². The third kappa shape index (κ3) is 5.33. The summed E-state index contributed by atoms with van der Waals surface area (Å²) in [5.74, 6) is -1.60. The minimum absolute atomic E-state index is 0.207.